The molecule has 1 atom stereocenters. The number of fused-ring (bicyclic) bond motifs is 1. The van der Waals surface area contributed by atoms with Crippen LogP contribution in [-0.4, -0.2) is 76.1 Å². The number of hydrazone groups is 1. The van der Waals surface area contributed by atoms with E-state index in [4.69, 9.17) is 0 Å². The van der Waals surface area contributed by atoms with Crippen LogP contribution in [0.3, 0.4) is 0 Å². The fourth-order valence-corrected chi connectivity index (χ4v) is 3.59. The number of nitrogens with zero attached hydrogens (tertiary/aromatic N) is 5. The number of benzene rings is 2. The molecule has 0 bridgehead atoms. The number of guanidine groups is 1. The van der Waals surface area contributed by atoms with Gasteiger partial charge in [-0.1, -0.05) is 47.5 Å². The number of carbonyl (C=O) groups is 2. The maximum atomic E-state index is 12.9. The van der Waals surface area contributed by atoms with Crippen LogP contribution >= 0.6 is 0 Å². The van der Waals surface area contributed by atoms with E-state index < -0.39 is 12.1 Å². The zero-order chi connectivity index (χ0) is 22.0. The number of carbonyl (C=O) groups excluding carboxylic acids is 2. The van der Waals surface area contributed by atoms with Gasteiger partial charge in [0.25, 0.3) is 5.91 Å². The van der Waals surface area contributed by atoms with Gasteiger partial charge in [0.1, 0.15) is 5.75 Å². The molecule has 0 saturated carbocycles. The van der Waals surface area contributed by atoms with Crippen molar-refractivity contribution in [3.63, 3.8) is 0 Å². The molecule has 2 aromatic carbocycles. The Morgan fingerprint density at radius 2 is 1.90 bits per heavy atom. The minimum Gasteiger partial charge on any atom is -0.508 e. The highest BCUT2D eigenvalue weighted by molar-refractivity contribution is 6.22. The molecule has 0 spiro atoms. The molecule has 1 saturated heterocycles. The summed E-state index contributed by atoms with van der Waals surface area (Å²) < 4.78 is 1.82. The largest absolute Gasteiger partial charge is 0.508 e. The fourth-order valence-electron chi connectivity index (χ4n) is 3.59. The zero-order valence-electron chi connectivity index (χ0n) is 17.3. The number of likely N-dealkylation sites (N-methyl/N-ethyl adjacent to an activating group) is 2. The summed E-state index contributed by atoms with van der Waals surface area (Å²) >= 11 is 0. The van der Waals surface area contributed by atoms with Gasteiger partial charge in [0.15, 0.2) is 0 Å². The Bertz CT molecular complexity index is 1110. The van der Waals surface area contributed by atoms with Crippen molar-refractivity contribution in [2.75, 3.05) is 20.6 Å². The molecule has 9 nitrogen and oxygen atoms in total. The summed E-state index contributed by atoms with van der Waals surface area (Å²) in [7, 11) is 3.07. The number of rotatable bonds is 5. The molecule has 0 radical (unpaired) electrons. The molecule has 0 aromatic heterocycles. The molecule has 3 amide bonds. The lowest BCUT2D eigenvalue weighted by atomic mass is 10.1. The first-order valence-electron chi connectivity index (χ1n) is 9.85. The van der Waals surface area contributed by atoms with E-state index in [1.54, 1.807) is 37.5 Å². The van der Waals surface area contributed by atoms with Crippen LogP contribution in [0.15, 0.2) is 64.7 Å². The molecule has 1 fully saturated rings. The summed E-state index contributed by atoms with van der Waals surface area (Å²) in [4.78, 5) is 32.3. The average Bonchev–Trinajstić information content (AvgIpc) is 3.14. The lowest BCUT2D eigenvalue weighted by Crippen LogP contribution is -2.61. The van der Waals surface area contributed by atoms with E-state index in [2.05, 4.69) is 15.5 Å². The summed E-state index contributed by atoms with van der Waals surface area (Å²) in [6, 6.07) is 15.5. The predicted molar refractivity (Wildman–Crippen MR) is 116 cm³/mol. The number of nitrogens with one attached hydrogen (secondary N) is 1. The minimum absolute atomic E-state index is 0.141. The summed E-state index contributed by atoms with van der Waals surface area (Å²) in [6.07, 6.45) is 2.24. The number of hydrogen-bond donors (Lipinski definition) is 2. The number of aliphatic imine (C=N–C) groups is 1. The quantitative estimate of drug-likeness (QED) is 0.433. The third-order valence-electron chi connectivity index (χ3n) is 5.26. The third-order valence-corrected chi connectivity index (χ3v) is 5.26. The Hall–Kier alpha value is -4.01. The van der Waals surface area contributed by atoms with Crippen molar-refractivity contribution in [2.24, 2.45) is 10.1 Å². The first-order valence-corrected chi connectivity index (χ1v) is 9.85. The normalized spacial score (nSPS) is 18.6. The summed E-state index contributed by atoms with van der Waals surface area (Å²) in [5.74, 6) is 0.567. The lowest BCUT2D eigenvalue weighted by molar-refractivity contribution is -0.536. The first kappa shape index (κ1) is 20.3. The second-order valence-electron chi connectivity index (χ2n) is 7.33. The number of hydrogen-bond acceptors (Lipinski definition) is 6. The van der Waals surface area contributed by atoms with E-state index in [-0.39, 0.29) is 11.7 Å². The molecular formula is C22H23N6O3+. The van der Waals surface area contributed by atoms with Crippen LogP contribution in [0.2, 0.25) is 0 Å². The maximum absolute atomic E-state index is 12.9. The van der Waals surface area contributed by atoms with Gasteiger partial charge in [-0.25, -0.2) is 9.37 Å². The van der Waals surface area contributed by atoms with Crippen LogP contribution < -0.4 is 5.43 Å². The first-order chi connectivity index (χ1) is 15.0. The molecule has 9 heteroatoms. The van der Waals surface area contributed by atoms with E-state index in [1.165, 1.54) is 11.9 Å². The number of imide groups is 1. The number of amidine groups is 1. The smallest absolute Gasteiger partial charge is 0.413 e. The molecular weight excluding hydrogens is 396 g/mol. The van der Waals surface area contributed by atoms with Gasteiger partial charge in [-0.3, -0.25) is 14.6 Å². The van der Waals surface area contributed by atoms with Crippen molar-refractivity contribution in [1.82, 2.24) is 15.2 Å². The topological polar surface area (TPSA) is 101 Å². The molecule has 31 heavy (non-hydrogen) atoms. The standard InChI is InChI=1S/C22H22N6O3/c1-26-19-18(20(30)27(2)22(26)31)28(12-11-15-7-4-3-5-8-15)21(24-19)25-23-14-16-9-6-10-17(29)13-16/h3-10,13-14,18,29H,11-12H2,1-2H3/p+1/b23-14+. The van der Waals surface area contributed by atoms with Gasteiger partial charge in [-0.05, 0) is 23.3 Å². The molecule has 4 rings (SSSR count). The molecule has 2 aromatic rings. The van der Waals surface area contributed by atoms with Crippen molar-refractivity contribution in [1.29, 1.82) is 0 Å². The minimum atomic E-state index is -0.699. The highest BCUT2D eigenvalue weighted by atomic mass is 16.3. The molecule has 1 unspecified atom stereocenters. The number of amides is 3. The van der Waals surface area contributed by atoms with Crippen molar-refractivity contribution in [3.8, 4) is 5.75 Å². The van der Waals surface area contributed by atoms with Crippen LogP contribution in [0.25, 0.3) is 0 Å². The summed E-state index contributed by atoms with van der Waals surface area (Å²) in [5.41, 5.74) is 4.73. The molecule has 2 aliphatic rings. The fraction of sp³-hybridized carbons (Fsp3) is 0.227. The Morgan fingerprint density at radius 1 is 1.13 bits per heavy atom. The molecule has 2 aliphatic heterocycles. The highest BCUT2D eigenvalue weighted by Gasteiger charge is 2.51. The van der Waals surface area contributed by atoms with Crippen LogP contribution in [0.1, 0.15) is 11.1 Å². The van der Waals surface area contributed by atoms with Crippen molar-refractivity contribution < 1.29 is 19.3 Å². The van der Waals surface area contributed by atoms with Crippen LogP contribution in [0.4, 0.5) is 4.79 Å². The number of urea groups is 1. The lowest BCUT2D eigenvalue weighted by Gasteiger charge is -2.31. The molecule has 2 N–H and O–H groups in total. The van der Waals surface area contributed by atoms with E-state index in [0.717, 1.165) is 10.5 Å². The predicted octanol–water partition coefficient (Wildman–Crippen LogP) is 1.23. The maximum Gasteiger partial charge on any atom is 0.413 e. The SMILES string of the molecule is CN1C(=O)C2C(=NC(N/N=C/c3cccc(O)c3)=[N+]2CCc2ccccc2)N(C)C1=O. The third kappa shape index (κ3) is 4.02. The Balaban J connectivity index is 1.62. The van der Waals surface area contributed by atoms with Gasteiger partial charge in [0, 0.05) is 20.5 Å². The van der Waals surface area contributed by atoms with Crippen molar-refractivity contribution in [2.45, 2.75) is 12.5 Å². The number of phenolic OH excluding ortho intramolecular Hbond substituents is 1. The number of aromatic hydroxyl groups is 1. The van der Waals surface area contributed by atoms with Gasteiger partial charge in [-0.2, -0.15) is 5.43 Å². The van der Waals surface area contributed by atoms with Crippen LogP contribution in [-0.2, 0) is 11.2 Å². The monoisotopic (exact) mass is 419 g/mol. The molecule has 2 heterocycles. The molecule has 158 valence electrons. The number of phenols is 1. The van der Waals surface area contributed by atoms with E-state index in [0.29, 0.717) is 30.3 Å². The van der Waals surface area contributed by atoms with Gasteiger partial charge >= 0.3 is 12.0 Å². The zero-order valence-corrected chi connectivity index (χ0v) is 17.3. The highest BCUT2D eigenvalue weighted by Crippen LogP contribution is 2.19. The van der Waals surface area contributed by atoms with E-state index in [9.17, 15) is 14.7 Å². The average molecular weight is 419 g/mol. The van der Waals surface area contributed by atoms with Gasteiger partial charge in [0.2, 0.25) is 11.9 Å². The van der Waals surface area contributed by atoms with Gasteiger partial charge in [-0.15, -0.1) is 5.10 Å². The Labute approximate surface area is 179 Å². The van der Waals surface area contributed by atoms with Gasteiger partial charge < -0.3 is 5.11 Å². The Morgan fingerprint density at radius 3 is 2.65 bits per heavy atom. The summed E-state index contributed by atoms with van der Waals surface area (Å²) in [6.45, 7) is 0.507. The summed E-state index contributed by atoms with van der Waals surface area (Å²) in [5, 5.41) is 13.8. The molecule has 0 aliphatic carbocycles. The second kappa shape index (κ2) is 8.39. The van der Waals surface area contributed by atoms with Crippen LogP contribution in [0, 0.1) is 0 Å². The second-order valence-corrected chi connectivity index (χ2v) is 7.33. The van der Waals surface area contributed by atoms with E-state index in [1.807, 2.05) is 34.9 Å². The van der Waals surface area contributed by atoms with Gasteiger partial charge in [0.05, 0.1) is 12.8 Å². The van der Waals surface area contributed by atoms with E-state index >= 15 is 0 Å². The van der Waals surface area contributed by atoms with Crippen molar-refractivity contribution in [3.05, 3.63) is 65.7 Å². The Kier molecular flexibility index (Phi) is 5.48. The van der Waals surface area contributed by atoms with Crippen LogP contribution in [0.5, 0.6) is 5.75 Å². The van der Waals surface area contributed by atoms with Crippen molar-refractivity contribution >= 4 is 29.9 Å².